The first-order chi connectivity index (χ1) is 14.0. The molecular formula is C17H21NO9. The van der Waals surface area contributed by atoms with Crippen molar-refractivity contribution in [3.63, 3.8) is 0 Å². The summed E-state index contributed by atoms with van der Waals surface area (Å²) in [5, 5.41) is 41.8. The van der Waals surface area contributed by atoms with Gasteiger partial charge in [0.25, 0.3) is 0 Å². The zero-order valence-electron chi connectivity index (χ0n) is 17.1. The molecule has 0 aromatic heterocycles. The predicted molar refractivity (Wildman–Crippen MR) is 88.2 cm³/mol. The highest BCUT2D eigenvalue weighted by molar-refractivity contribution is 6.00. The molecule has 148 valence electrons. The third-order valence-corrected chi connectivity index (χ3v) is 4.60. The van der Waals surface area contributed by atoms with Crippen LogP contribution in [0.25, 0.3) is 0 Å². The minimum absolute atomic E-state index is 0.205. The third-order valence-electron chi connectivity index (χ3n) is 4.60. The van der Waals surface area contributed by atoms with Gasteiger partial charge in [-0.2, -0.15) is 0 Å². The van der Waals surface area contributed by atoms with Crippen LogP contribution in [0.5, 0.6) is 0 Å². The SMILES string of the molecule is [2H]CC(=O)C(O)[C@H]1OC(N2C=CC=C(C(=O)O)C2)[C@@](O)(C(=O)C[2H])[C@@]1(O)C(=O)C[2H]. The Morgan fingerprint density at radius 1 is 1.22 bits per heavy atom. The summed E-state index contributed by atoms with van der Waals surface area (Å²) < 4.78 is 27.1. The van der Waals surface area contributed by atoms with E-state index in [0.29, 0.717) is 0 Å². The molecule has 2 aliphatic heterocycles. The molecule has 0 aromatic rings. The Labute approximate surface area is 158 Å². The van der Waals surface area contributed by atoms with E-state index in [-0.39, 0.29) is 5.57 Å². The van der Waals surface area contributed by atoms with Gasteiger partial charge < -0.3 is 30.1 Å². The lowest BCUT2D eigenvalue weighted by Gasteiger charge is -2.40. The van der Waals surface area contributed by atoms with E-state index >= 15 is 0 Å². The van der Waals surface area contributed by atoms with Crippen molar-refractivity contribution >= 4 is 23.3 Å². The number of carbonyl (C=O) groups excluding carboxylic acids is 3. The number of aliphatic hydroxyl groups is 3. The molecule has 0 amide bonds. The average Bonchev–Trinajstić information content (AvgIpc) is 3.00. The summed E-state index contributed by atoms with van der Waals surface area (Å²) in [6.45, 7) is -3.74. The van der Waals surface area contributed by atoms with Gasteiger partial charge in [-0.05, 0) is 32.9 Å². The van der Waals surface area contributed by atoms with Gasteiger partial charge in [-0.15, -0.1) is 0 Å². The molecule has 0 bridgehead atoms. The molecule has 5 atom stereocenters. The van der Waals surface area contributed by atoms with Crippen molar-refractivity contribution in [2.24, 2.45) is 0 Å². The molecule has 0 spiro atoms. The van der Waals surface area contributed by atoms with Gasteiger partial charge in [0.1, 0.15) is 12.2 Å². The van der Waals surface area contributed by atoms with Crippen LogP contribution >= 0.6 is 0 Å². The van der Waals surface area contributed by atoms with Gasteiger partial charge in [-0.3, -0.25) is 14.4 Å². The van der Waals surface area contributed by atoms with Crippen molar-refractivity contribution in [2.75, 3.05) is 6.54 Å². The van der Waals surface area contributed by atoms with Crippen molar-refractivity contribution < 1.29 is 48.5 Å². The second-order valence-electron chi connectivity index (χ2n) is 6.21. The third kappa shape index (κ3) is 3.00. The lowest BCUT2D eigenvalue weighted by atomic mass is 9.73. The molecule has 1 fully saturated rings. The van der Waals surface area contributed by atoms with Crippen LogP contribution in [0.4, 0.5) is 0 Å². The lowest BCUT2D eigenvalue weighted by Crippen LogP contribution is -2.70. The van der Waals surface area contributed by atoms with Crippen LogP contribution in [0.1, 0.15) is 24.8 Å². The van der Waals surface area contributed by atoms with Gasteiger partial charge in [0.15, 0.2) is 29.2 Å². The molecule has 10 heteroatoms. The van der Waals surface area contributed by atoms with Gasteiger partial charge in [0.05, 0.1) is 12.1 Å². The van der Waals surface area contributed by atoms with Crippen LogP contribution in [0, 0.1) is 0 Å². The Morgan fingerprint density at radius 2 is 1.85 bits per heavy atom. The zero-order chi connectivity index (χ0) is 22.9. The highest BCUT2D eigenvalue weighted by Gasteiger charge is 2.73. The van der Waals surface area contributed by atoms with Crippen molar-refractivity contribution in [2.45, 2.75) is 50.3 Å². The van der Waals surface area contributed by atoms with Crippen LogP contribution in [0.3, 0.4) is 0 Å². The fourth-order valence-electron chi connectivity index (χ4n) is 3.12. The van der Waals surface area contributed by atoms with Crippen molar-refractivity contribution in [3.8, 4) is 0 Å². The number of hydrogen-bond acceptors (Lipinski definition) is 9. The maximum Gasteiger partial charge on any atom is 0.333 e. The quantitative estimate of drug-likeness (QED) is 0.407. The van der Waals surface area contributed by atoms with E-state index in [1.54, 1.807) is 0 Å². The number of ether oxygens (including phenoxy) is 1. The zero-order valence-corrected chi connectivity index (χ0v) is 14.1. The Morgan fingerprint density at radius 3 is 2.41 bits per heavy atom. The first-order valence-electron chi connectivity index (χ1n) is 9.74. The normalized spacial score (nSPS) is 35.6. The van der Waals surface area contributed by atoms with E-state index in [2.05, 4.69) is 0 Å². The monoisotopic (exact) mass is 386 g/mol. The fraction of sp³-hybridized carbons (Fsp3) is 0.529. The van der Waals surface area contributed by atoms with Crippen LogP contribution in [0.15, 0.2) is 23.9 Å². The second kappa shape index (κ2) is 6.97. The molecule has 27 heavy (non-hydrogen) atoms. The van der Waals surface area contributed by atoms with E-state index in [0.717, 1.165) is 4.90 Å². The fourth-order valence-corrected chi connectivity index (χ4v) is 3.12. The van der Waals surface area contributed by atoms with Gasteiger partial charge in [-0.25, -0.2) is 4.79 Å². The van der Waals surface area contributed by atoms with E-state index in [9.17, 15) is 39.6 Å². The van der Waals surface area contributed by atoms with E-state index in [1.165, 1.54) is 18.4 Å². The number of carbonyl (C=O) groups is 4. The van der Waals surface area contributed by atoms with Crippen molar-refractivity contribution in [1.82, 2.24) is 4.90 Å². The molecule has 0 saturated carbocycles. The van der Waals surface area contributed by atoms with Crippen LogP contribution in [0.2, 0.25) is 0 Å². The molecule has 2 unspecified atom stereocenters. The number of aliphatic carboxylic acids is 1. The number of carboxylic acid groups (broad SMARTS) is 1. The molecule has 0 radical (unpaired) electrons. The minimum Gasteiger partial charge on any atom is -0.478 e. The molecule has 2 heterocycles. The van der Waals surface area contributed by atoms with Gasteiger partial charge >= 0.3 is 5.97 Å². The first kappa shape index (κ1) is 16.8. The van der Waals surface area contributed by atoms with Gasteiger partial charge in [0, 0.05) is 10.3 Å². The maximum atomic E-state index is 12.6. The topological polar surface area (TPSA) is 162 Å². The summed E-state index contributed by atoms with van der Waals surface area (Å²) in [5.74, 6) is -5.41. The summed E-state index contributed by atoms with van der Waals surface area (Å²) in [6, 6.07) is 0. The number of rotatable bonds is 6. The van der Waals surface area contributed by atoms with Gasteiger partial charge in [0.2, 0.25) is 5.60 Å². The number of allylic oxidation sites excluding steroid dienone is 2. The Bertz CT molecular complexity index is 816. The molecular weight excluding hydrogens is 362 g/mol. The van der Waals surface area contributed by atoms with Crippen molar-refractivity contribution in [1.29, 1.82) is 0 Å². The number of nitrogens with zero attached hydrogens (tertiary/aromatic N) is 1. The van der Waals surface area contributed by atoms with Crippen LogP contribution < -0.4 is 0 Å². The summed E-state index contributed by atoms with van der Waals surface area (Å²) in [7, 11) is 0. The van der Waals surface area contributed by atoms with E-state index < -0.39 is 80.2 Å². The van der Waals surface area contributed by atoms with Crippen LogP contribution in [-0.4, -0.2) is 84.8 Å². The second-order valence-corrected chi connectivity index (χ2v) is 6.21. The van der Waals surface area contributed by atoms with E-state index in [1.807, 2.05) is 0 Å². The number of aliphatic hydroxyl groups excluding tert-OH is 1. The molecule has 4 N–H and O–H groups in total. The first-order valence-corrected chi connectivity index (χ1v) is 7.62. The maximum absolute atomic E-state index is 12.6. The number of hydrogen-bond donors (Lipinski definition) is 4. The molecule has 0 aliphatic carbocycles. The summed E-state index contributed by atoms with van der Waals surface area (Å²) >= 11 is 0. The lowest BCUT2D eigenvalue weighted by molar-refractivity contribution is -0.185. The Kier molecular flexibility index (Phi) is 4.32. The van der Waals surface area contributed by atoms with Crippen LogP contribution in [-0.2, 0) is 23.9 Å². The largest absolute Gasteiger partial charge is 0.478 e. The Balaban J connectivity index is 2.65. The van der Waals surface area contributed by atoms with E-state index in [4.69, 9.17) is 8.85 Å². The smallest absolute Gasteiger partial charge is 0.333 e. The minimum atomic E-state index is -3.31. The highest BCUT2D eigenvalue weighted by Crippen LogP contribution is 2.45. The standard InChI is InChI=1S/C17H21NO9/c1-8(19)12(22)13-16(25,9(2)20)17(26,10(3)21)15(27-13)18-6-4-5-11(7-18)14(23)24/h4-6,12-13,15,22,25-26H,7H2,1-3H3,(H,23,24)/t12?,13-,15?,16-,17+/m1/s1/i1D,2D,3D. The molecule has 2 rings (SSSR count). The number of Topliss-reactive ketones (excluding diaryl/α,β-unsaturated/α-hetero) is 3. The Hall–Kier alpha value is -2.40. The molecule has 2 aliphatic rings. The molecule has 10 nitrogen and oxygen atoms in total. The molecule has 1 saturated heterocycles. The predicted octanol–water partition coefficient (Wildman–Crippen LogP) is -1.86. The molecule has 0 aromatic carbocycles. The summed E-state index contributed by atoms with van der Waals surface area (Å²) in [5.41, 5.74) is -6.73. The average molecular weight is 386 g/mol. The number of carboxylic acids is 1. The summed E-state index contributed by atoms with van der Waals surface area (Å²) in [6.07, 6.45) is -2.91. The highest BCUT2D eigenvalue weighted by atomic mass is 16.6. The van der Waals surface area contributed by atoms with Crippen molar-refractivity contribution in [3.05, 3.63) is 23.9 Å². The van der Waals surface area contributed by atoms with Gasteiger partial charge in [-0.1, -0.05) is 0 Å². The summed E-state index contributed by atoms with van der Waals surface area (Å²) in [4.78, 5) is 49.2. The number of ketones is 3.